The third kappa shape index (κ3) is 6.21. The molecule has 64 heavy (non-hydrogen) atoms. The summed E-state index contributed by atoms with van der Waals surface area (Å²) < 4.78 is 4.91. The highest BCUT2D eigenvalue weighted by Crippen LogP contribution is 2.44. The second kappa shape index (κ2) is 15.5. The van der Waals surface area contributed by atoms with Gasteiger partial charge in [-0.3, -0.25) is 9.97 Å². The maximum atomic E-state index is 4.71. The maximum absolute atomic E-state index is 4.71. The molecule has 0 aliphatic carbocycles. The van der Waals surface area contributed by atoms with E-state index in [1.165, 1.54) is 98.6 Å². The van der Waals surface area contributed by atoms with Crippen molar-refractivity contribution in [3.05, 3.63) is 212 Å². The zero-order valence-corrected chi connectivity index (χ0v) is 36.6. The predicted octanol–water partition coefficient (Wildman–Crippen LogP) is 16.3. The van der Waals surface area contributed by atoms with E-state index in [9.17, 15) is 0 Å². The molecule has 5 aromatic heterocycles. The Morgan fingerprint density at radius 3 is 1.56 bits per heavy atom. The van der Waals surface area contributed by atoms with Crippen LogP contribution in [0.5, 0.6) is 0 Å². The molecule has 0 radical (unpaired) electrons. The molecule has 0 saturated carbocycles. The Hall–Kier alpha value is -7.78. The number of nitrogens with zero attached hydrogens (tertiary/aromatic N) is 4. The Morgan fingerprint density at radius 2 is 0.969 bits per heavy atom. The van der Waals surface area contributed by atoms with Gasteiger partial charge < -0.3 is 9.13 Å². The van der Waals surface area contributed by atoms with Crippen molar-refractivity contribution in [2.75, 3.05) is 0 Å². The first-order valence-electron chi connectivity index (χ1n) is 22.1. The van der Waals surface area contributed by atoms with Crippen LogP contribution in [-0.2, 0) is 0 Å². The Kier molecular flexibility index (Phi) is 9.21. The van der Waals surface area contributed by atoms with Gasteiger partial charge in [-0.1, -0.05) is 104 Å². The summed E-state index contributed by atoms with van der Waals surface area (Å²) in [7, 11) is 0.608. The Balaban J connectivity index is 0.997. The van der Waals surface area contributed by atoms with Crippen LogP contribution in [0.1, 0.15) is 24.6 Å². The molecule has 0 bridgehead atoms. The highest BCUT2D eigenvalue weighted by Gasteiger charge is 2.19. The summed E-state index contributed by atoms with van der Waals surface area (Å²) in [6, 6.07) is 66.3. The lowest BCUT2D eigenvalue weighted by Gasteiger charge is -2.12. The van der Waals surface area contributed by atoms with Gasteiger partial charge in [-0.25, -0.2) is 0 Å². The number of para-hydroxylation sites is 1. The molecule has 7 aromatic carbocycles. The topological polar surface area (TPSA) is 35.6 Å². The summed E-state index contributed by atoms with van der Waals surface area (Å²) in [5, 5.41) is 9.14. The predicted molar refractivity (Wildman–Crippen MR) is 274 cm³/mol. The van der Waals surface area contributed by atoms with E-state index in [1.54, 1.807) is 0 Å². The van der Waals surface area contributed by atoms with Gasteiger partial charge in [0.1, 0.15) is 0 Å². The molecule has 1 unspecified atom stereocenters. The van der Waals surface area contributed by atoms with Crippen molar-refractivity contribution < 1.29 is 0 Å². The number of aryl methyl sites for hydroxylation is 1. The molecule has 304 valence electrons. The number of rotatable bonds is 8. The third-order valence-electron chi connectivity index (χ3n) is 12.9. The van der Waals surface area contributed by atoms with E-state index in [4.69, 9.17) is 9.97 Å². The van der Waals surface area contributed by atoms with E-state index < -0.39 is 0 Å². The smallest absolute Gasteiger partial charge is 0.0708 e. The highest BCUT2D eigenvalue weighted by atomic mass is 31.0. The summed E-state index contributed by atoms with van der Waals surface area (Å²) in [4.78, 5) is 9.41. The van der Waals surface area contributed by atoms with Gasteiger partial charge >= 0.3 is 0 Å². The molecule has 0 amide bonds. The van der Waals surface area contributed by atoms with Crippen molar-refractivity contribution in [3.63, 3.8) is 0 Å². The zero-order chi connectivity index (χ0) is 42.7. The second-order valence-electron chi connectivity index (χ2n) is 16.6. The Morgan fingerprint density at radius 1 is 0.453 bits per heavy atom. The molecule has 0 fully saturated rings. The van der Waals surface area contributed by atoms with Crippen LogP contribution < -0.4 is 0 Å². The van der Waals surface area contributed by atoms with Crippen molar-refractivity contribution >= 4 is 68.0 Å². The minimum Gasteiger partial charge on any atom is -0.310 e. The number of aromatic nitrogens is 4. The average molecular weight is 839 g/mol. The molecule has 0 aliphatic rings. The van der Waals surface area contributed by atoms with Gasteiger partial charge in [-0.05, 0) is 159 Å². The summed E-state index contributed by atoms with van der Waals surface area (Å²) >= 11 is 0. The van der Waals surface area contributed by atoms with Gasteiger partial charge in [-0.2, -0.15) is 0 Å². The molecule has 5 heterocycles. The van der Waals surface area contributed by atoms with E-state index in [0.717, 1.165) is 28.9 Å². The van der Waals surface area contributed by atoms with Gasteiger partial charge in [0.15, 0.2) is 0 Å². The number of benzene rings is 7. The molecule has 0 N–H and O–H groups in total. The quantitative estimate of drug-likeness (QED) is 0.153. The molecule has 12 rings (SSSR count). The van der Waals surface area contributed by atoms with Crippen molar-refractivity contribution in [2.24, 2.45) is 0 Å². The van der Waals surface area contributed by atoms with Crippen LogP contribution in [0, 0.1) is 6.92 Å². The van der Waals surface area contributed by atoms with E-state index in [2.05, 4.69) is 205 Å². The molecular weight excluding hydrogens is 796 g/mol. The lowest BCUT2D eigenvalue weighted by molar-refractivity contribution is 1.10. The van der Waals surface area contributed by atoms with Crippen LogP contribution in [0.4, 0.5) is 0 Å². The Bertz CT molecular complexity index is 3780. The van der Waals surface area contributed by atoms with Gasteiger partial charge in [0.05, 0.1) is 27.9 Å². The average Bonchev–Trinajstić information content (AvgIpc) is 3.99. The fourth-order valence-electron chi connectivity index (χ4n) is 9.87. The molecule has 12 aromatic rings. The number of pyridine rings is 2. The summed E-state index contributed by atoms with van der Waals surface area (Å²) in [6.45, 7) is 4.47. The normalized spacial score (nSPS) is 12.0. The molecular formula is C59H43N4P. The lowest BCUT2D eigenvalue weighted by atomic mass is 9.96. The van der Waals surface area contributed by atoms with Crippen molar-refractivity contribution in [1.82, 2.24) is 19.1 Å². The molecule has 0 spiro atoms. The van der Waals surface area contributed by atoms with Crippen molar-refractivity contribution in [3.8, 4) is 56.1 Å². The molecule has 0 aliphatic heterocycles. The number of allylic oxidation sites excluding steroid dienone is 1. The van der Waals surface area contributed by atoms with Gasteiger partial charge in [0.25, 0.3) is 0 Å². The molecule has 5 heteroatoms. The highest BCUT2D eigenvalue weighted by molar-refractivity contribution is 7.43. The fraction of sp³-hybridized carbons (Fsp3) is 0.0508. The van der Waals surface area contributed by atoms with Gasteiger partial charge in [0.2, 0.25) is 0 Å². The number of fused-ring (bicyclic) bond motifs is 7. The maximum Gasteiger partial charge on any atom is 0.0708 e. The molecule has 4 nitrogen and oxygen atoms in total. The van der Waals surface area contributed by atoms with Crippen molar-refractivity contribution in [1.29, 1.82) is 0 Å². The van der Waals surface area contributed by atoms with Gasteiger partial charge in [0, 0.05) is 56.7 Å². The van der Waals surface area contributed by atoms with Crippen LogP contribution in [0.2, 0.25) is 0 Å². The first-order valence-corrected chi connectivity index (χ1v) is 23.1. The standard InChI is InChI=1S/C59H43N4P/c1-3-4-22-54-38(2)48-34-39(43-15-5-7-17-45(43)52-20-11-13-32-60-52)24-28-56(48)62(54)41-26-30-58-50(36-41)51-37-42(27-31-59(51)64-58)63-55-23-10-9-19-47(55)49-35-40(25-29-57(49)63)44-16-6-8-18-46(44)53-21-12-14-33-61-53/h4-37,64H,3H2,1-2H3/b22-4-. The SMILES string of the molecule is CC/C=C\c1c(C)c2cc(-c3ccccc3-c3ccccn3)ccc2n1-c1ccc2[pH]c3ccc(-n4c5ccccc5c5cc(-c6ccccc6-c6ccccn6)ccc54)cc3c2c1. The number of hydrogen-bond donors (Lipinski definition) is 0. The first kappa shape index (κ1) is 37.9. The van der Waals surface area contributed by atoms with E-state index in [-0.39, 0.29) is 0 Å². The van der Waals surface area contributed by atoms with E-state index in [0.29, 0.717) is 8.19 Å². The van der Waals surface area contributed by atoms with Crippen LogP contribution in [0.15, 0.2) is 200 Å². The first-order chi connectivity index (χ1) is 31.6. The van der Waals surface area contributed by atoms with Crippen LogP contribution >= 0.6 is 8.19 Å². The monoisotopic (exact) mass is 838 g/mol. The third-order valence-corrected chi connectivity index (χ3v) is 14.3. The largest absolute Gasteiger partial charge is 0.310 e. The molecule has 0 saturated heterocycles. The summed E-state index contributed by atoms with van der Waals surface area (Å²) in [5.74, 6) is 0. The zero-order valence-electron chi connectivity index (χ0n) is 35.6. The fourth-order valence-corrected chi connectivity index (χ4v) is 11.2. The van der Waals surface area contributed by atoms with Crippen molar-refractivity contribution in [2.45, 2.75) is 20.3 Å². The van der Waals surface area contributed by atoms with E-state index >= 15 is 0 Å². The lowest BCUT2D eigenvalue weighted by Crippen LogP contribution is -1.97. The second-order valence-corrected chi connectivity index (χ2v) is 17.9. The minimum absolute atomic E-state index is 0.608. The van der Waals surface area contributed by atoms with E-state index in [1.807, 2.05) is 24.5 Å². The molecule has 1 atom stereocenters. The summed E-state index contributed by atoms with van der Waals surface area (Å²) in [5.41, 5.74) is 17.4. The van der Waals surface area contributed by atoms with Crippen LogP contribution in [0.25, 0.3) is 116 Å². The van der Waals surface area contributed by atoms with Crippen LogP contribution in [-0.4, -0.2) is 19.1 Å². The Labute approximate surface area is 373 Å². The summed E-state index contributed by atoms with van der Waals surface area (Å²) in [6.07, 6.45) is 9.29. The van der Waals surface area contributed by atoms with Gasteiger partial charge in [-0.15, -0.1) is 8.19 Å². The number of hydrogen-bond acceptors (Lipinski definition) is 2. The minimum atomic E-state index is 0.608. The van der Waals surface area contributed by atoms with Crippen LogP contribution in [0.3, 0.4) is 0 Å².